The van der Waals surface area contributed by atoms with Crippen LogP contribution in [0.1, 0.15) is 54.8 Å². The fraction of sp³-hybridized carbons (Fsp3) is 0.409. The number of rotatable bonds is 2. The van der Waals surface area contributed by atoms with Gasteiger partial charge < -0.3 is 4.90 Å². The predicted molar refractivity (Wildman–Crippen MR) is 96.7 cm³/mol. The Kier molecular flexibility index (Phi) is 4.56. The predicted octanol–water partition coefficient (Wildman–Crippen LogP) is 4.88. The van der Waals surface area contributed by atoms with Crippen LogP contribution in [-0.2, 0) is 11.2 Å². The van der Waals surface area contributed by atoms with E-state index in [4.69, 9.17) is 0 Å². The van der Waals surface area contributed by atoms with E-state index in [-0.39, 0.29) is 23.7 Å². The smallest absolute Gasteiger partial charge is 0.226 e. The van der Waals surface area contributed by atoms with Crippen molar-refractivity contribution in [2.75, 3.05) is 6.54 Å². The van der Waals surface area contributed by atoms with Crippen LogP contribution in [0.15, 0.2) is 48.5 Å². The molecule has 2 aromatic carbocycles. The Balaban J connectivity index is 1.72. The van der Waals surface area contributed by atoms with Gasteiger partial charge in [0.05, 0.1) is 6.04 Å². The number of carbonyl (C=O) groups is 1. The average Bonchev–Trinajstić information content (AvgIpc) is 2.68. The second-order valence-corrected chi connectivity index (χ2v) is 7.27. The molecule has 1 aliphatic carbocycles. The SMILES string of the molecule is O=C(C1CCCCC1)N1CCc2ccccc2C1c1ccc(F)cc1. The van der Waals surface area contributed by atoms with Gasteiger partial charge in [-0.2, -0.15) is 0 Å². The zero-order valence-electron chi connectivity index (χ0n) is 14.5. The van der Waals surface area contributed by atoms with Gasteiger partial charge in [-0.15, -0.1) is 0 Å². The second kappa shape index (κ2) is 6.99. The number of fused-ring (bicyclic) bond motifs is 1. The minimum absolute atomic E-state index is 0.0972. The molecule has 25 heavy (non-hydrogen) atoms. The van der Waals surface area contributed by atoms with Crippen LogP contribution < -0.4 is 0 Å². The van der Waals surface area contributed by atoms with Crippen molar-refractivity contribution in [3.05, 3.63) is 71.0 Å². The Morgan fingerprint density at radius 1 is 0.960 bits per heavy atom. The molecule has 1 amide bonds. The molecule has 1 atom stereocenters. The molecule has 1 unspecified atom stereocenters. The van der Waals surface area contributed by atoms with Crippen LogP contribution in [0.5, 0.6) is 0 Å². The number of hydrogen-bond donors (Lipinski definition) is 0. The van der Waals surface area contributed by atoms with E-state index >= 15 is 0 Å². The van der Waals surface area contributed by atoms with E-state index in [0.29, 0.717) is 0 Å². The third-order valence-corrected chi connectivity index (χ3v) is 5.71. The van der Waals surface area contributed by atoms with Crippen LogP contribution in [0.3, 0.4) is 0 Å². The van der Waals surface area contributed by atoms with Crippen molar-refractivity contribution < 1.29 is 9.18 Å². The molecule has 0 saturated heterocycles. The minimum Gasteiger partial charge on any atom is -0.331 e. The molecule has 4 rings (SSSR count). The van der Waals surface area contributed by atoms with E-state index in [2.05, 4.69) is 18.2 Å². The minimum atomic E-state index is -0.238. The van der Waals surface area contributed by atoms with Crippen LogP contribution >= 0.6 is 0 Å². The second-order valence-electron chi connectivity index (χ2n) is 7.27. The number of amides is 1. The monoisotopic (exact) mass is 337 g/mol. The first-order chi connectivity index (χ1) is 12.2. The van der Waals surface area contributed by atoms with Gasteiger partial charge in [-0.25, -0.2) is 4.39 Å². The molecule has 0 N–H and O–H groups in total. The molecule has 1 saturated carbocycles. The van der Waals surface area contributed by atoms with E-state index in [1.54, 1.807) is 0 Å². The van der Waals surface area contributed by atoms with Crippen molar-refractivity contribution in [3.8, 4) is 0 Å². The Bertz CT molecular complexity index is 749. The summed E-state index contributed by atoms with van der Waals surface area (Å²) >= 11 is 0. The maximum atomic E-state index is 13.4. The molecule has 3 heteroatoms. The lowest BCUT2D eigenvalue weighted by atomic mass is 9.84. The fourth-order valence-corrected chi connectivity index (χ4v) is 4.39. The van der Waals surface area contributed by atoms with Gasteiger partial charge >= 0.3 is 0 Å². The highest BCUT2D eigenvalue weighted by Crippen LogP contribution is 2.37. The third kappa shape index (κ3) is 3.20. The topological polar surface area (TPSA) is 20.3 Å². The average molecular weight is 337 g/mol. The molecule has 1 heterocycles. The van der Waals surface area contributed by atoms with Gasteiger partial charge in [-0.3, -0.25) is 4.79 Å². The summed E-state index contributed by atoms with van der Waals surface area (Å²) < 4.78 is 13.4. The van der Waals surface area contributed by atoms with E-state index in [1.165, 1.54) is 29.7 Å². The number of nitrogens with zero attached hydrogens (tertiary/aromatic N) is 1. The standard InChI is InChI=1S/C22H24FNO/c23-19-12-10-17(11-13-19)21-20-9-5-4-6-16(20)14-15-24(21)22(25)18-7-2-1-3-8-18/h4-6,9-13,18,21H,1-3,7-8,14-15H2. The van der Waals surface area contributed by atoms with Crippen LogP contribution in [0.4, 0.5) is 4.39 Å². The van der Waals surface area contributed by atoms with Crippen LogP contribution in [-0.4, -0.2) is 17.4 Å². The van der Waals surface area contributed by atoms with Gasteiger partial charge in [-0.1, -0.05) is 55.7 Å². The van der Waals surface area contributed by atoms with E-state index < -0.39 is 0 Å². The molecule has 0 aromatic heterocycles. The van der Waals surface area contributed by atoms with E-state index in [0.717, 1.165) is 44.2 Å². The summed E-state index contributed by atoms with van der Waals surface area (Å²) in [6, 6.07) is 14.9. The molecular weight excluding hydrogens is 313 g/mol. The molecule has 0 spiro atoms. The highest BCUT2D eigenvalue weighted by atomic mass is 19.1. The lowest BCUT2D eigenvalue weighted by Crippen LogP contribution is -2.44. The summed E-state index contributed by atoms with van der Waals surface area (Å²) in [6.45, 7) is 0.744. The summed E-state index contributed by atoms with van der Waals surface area (Å²) in [5.74, 6) is 0.198. The highest BCUT2D eigenvalue weighted by Gasteiger charge is 2.35. The maximum Gasteiger partial charge on any atom is 0.226 e. The van der Waals surface area contributed by atoms with E-state index in [9.17, 15) is 9.18 Å². The maximum absolute atomic E-state index is 13.4. The van der Waals surface area contributed by atoms with Gasteiger partial charge in [0.1, 0.15) is 5.82 Å². The quantitative estimate of drug-likeness (QED) is 0.765. The van der Waals surface area contributed by atoms with Crippen LogP contribution in [0.2, 0.25) is 0 Å². The molecule has 0 radical (unpaired) electrons. The summed E-state index contributed by atoms with van der Waals surface area (Å²) in [4.78, 5) is 15.3. The number of halogens is 1. The van der Waals surface area contributed by atoms with Crippen molar-refractivity contribution in [1.29, 1.82) is 0 Å². The molecule has 2 nitrogen and oxygen atoms in total. The van der Waals surface area contributed by atoms with Gasteiger partial charge in [0, 0.05) is 12.5 Å². The summed E-state index contributed by atoms with van der Waals surface area (Å²) in [6.07, 6.45) is 6.46. The molecule has 2 aromatic rings. The Labute approximate surface area is 148 Å². The highest BCUT2D eigenvalue weighted by molar-refractivity contribution is 5.80. The molecule has 1 aliphatic heterocycles. The Morgan fingerprint density at radius 2 is 1.68 bits per heavy atom. The Morgan fingerprint density at radius 3 is 2.44 bits per heavy atom. The zero-order chi connectivity index (χ0) is 17.2. The number of carbonyl (C=O) groups excluding carboxylic acids is 1. The number of benzene rings is 2. The lowest BCUT2D eigenvalue weighted by Gasteiger charge is -2.40. The zero-order valence-corrected chi connectivity index (χ0v) is 14.5. The summed E-state index contributed by atoms with van der Waals surface area (Å²) in [5, 5.41) is 0. The lowest BCUT2D eigenvalue weighted by molar-refractivity contribution is -0.138. The summed E-state index contributed by atoms with van der Waals surface area (Å²) in [7, 11) is 0. The van der Waals surface area contributed by atoms with Gasteiger partial charge in [0.2, 0.25) is 5.91 Å². The van der Waals surface area contributed by atoms with Crippen LogP contribution in [0, 0.1) is 11.7 Å². The van der Waals surface area contributed by atoms with E-state index in [1.807, 2.05) is 23.1 Å². The normalized spacial score (nSPS) is 21.0. The van der Waals surface area contributed by atoms with Crippen molar-refractivity contribution >= 4 is 5.91 Å². The van der Waals surface area contributed by atoms with Gasteiger partial charge in [0.25, 0.3) is 0 Å². The molecule has 0 bridgehead atoms. The third-order valence-electron chi connectivity index (χ3n) is 5.71. The molecule has 2 aliphatic rings. The summed E-state index contributed by atoms with van der Waals surface area (Å²) in [5.41, 5.74) is 3.48. The first-order valence-corrected chi connectivity index (χ1v) is 9.38. The van der Waals surface area contributed by atoms with Gasteiger partial charge in [0.15, 0.2) is 0 Å². The van der Waals surface area contributed by atoms with Crippen molar-refractivity contribution in [2.45, 2.75) is 44.6 Å². The van der Waals surface area contributed by atoms with Crippen molar-refractivity contribution in [2.24, 2.45) is 5.92 Å². The molecule has 1 fully saturated rings. The first-order valence-electron chi connectivity index (χ1n) is 9.38. The van der Waals surface area contributed by atoms with Crippen molar-refractivity contribution in [1.82, 2.24) is 4.90 Å². The van der Waals surface area contributed by atoms with Crippen molar-refractivity contribution in [3.63, 3.8) is 0 Å². The van der Waals surface area contributed by atoms with Gasteiger partial charge in [-0.05, 0) is 48.1 Å². The number of hydrogen-bond acceptors (Lipinski definition) is 1. The fourth-order valence-electron chi connectivity index (χ4n) is 4.39. The molecule has 130 valence electrons. The first kappa shape index (κ1) is 16.3. The largest absolute Gasteiger partial charge is 0.331 e. The van der Waals surface area contributed by atoms with Crippen LogP contribution in [0.25, 0.3) is 0 Å². The Hall–Kier alpha value is -2.16. The molecular formula is C22H24FNO.